The molecule has 0 spiro atoms. The minimum absolute atomic E-state index is 0.839. The van der Waals surface area contributed by atoms with Crippen molar-refractivity contribution in [2.75, 3.05) is 7.05 Å². The summed E-state index contributed by atoms with van der Waals surface area (Å²) in [6, 6.07) is 0. The van der Waals surface area contributed by atoms with Gasteiger partial charge in [0.25, 0.3) is 0 Å². The van der Waals surface area contributed by atoms with E-state index in [1.165, 1.54) is 7.05 Å². The Morgan fingerprint density at radius 3 is 2.55 bits per heavy atom. The molecule has 3 nitrogen and oxygen atoms in total. The summed E-state index contributed by atoms with van der Waals surface area (Å²) in [6.45, 7) is 5.55. The molecule has 1 rings (SSSR count). The van der Waals surface area contributed by atoms with E-state index >= 15 is 0 Å². The molecule has 0 saturated carbocycles. The second-order valence-corrected chi connectivity index (χ2v) is 2.97. The zero-order valence-corrected chi connectivity index (χ0v) is 7.69. The smallest absolute Gasteiger partial charge is 0.121 e. The van der Waals surface area contributed by atoms with Crippen LogP contribution in [0.5, 0.6) is 0 Å². The first-order valence-corrected chi connectivity index (χ1v) is 4.12. The maximum Gasteiger partial charge on any atom is 0.121 e. The quantitative estimate of drug-likeness (QED) is 0.679. The van der Waals surface area contributed by atoms with E-state index in [1.807, 2.05) is 13.0 Å². The highest BCUT2D eigenvalue weighted by molar-refractivity contribution is 7.11. The van der Waals surface area contributed by atoms with E-state index in [0.29, 0.717) is 0 Å². The van der Waals surface area contributed by atoms with E-state index in [1.54, 1.807) is 11.3 Å². The molecule has 0 aliphatic rings. The normalized spacial score (nSPS) is 8.27. The van der Waals surface area contributed by atoms with Crippen molar-refractivity contribution < 1.29 is 0 Å². The van der Waals surface area contributed by atoms with E-state index in [9.17, 15) is 0 Å². The molecular formula is C7H13N3S. The van der Waals surface area contributed by atoms with E-state index in [0.717, 1.165) is 16.4 Å². The molecule has 0 radical (unpaired) electrons. The summed E-state index contributed by atoms with van der Waals surface area (Å²) in [7, 11) is 1.50. The summed E-state index contributed by atoms with van der Waals surface area (Å²) >= 11 is 1.62. The number of allylic oxidation sites excluding steroid dienone is 1. The third kappa shape index (κ3) is 3.85. The van der Waals surface area contributed by atoms with Crippen LogP contribution in [-0.4, -0.2) is 17.2 Å². The Kier molecular flexibility index (Phi) is 5.60. The molecule has 11 heavy (non-hydrogen) atoms. The molecule has 4 heteroatoms. The molecule has 0 unspecified atom stereocenters. The average molecular weight is 171 g/mol. The summed E-state index contributed by atoms with van der Waals surface area (Å²) in [4.78, 5) is 0. The Hall–Kier alpha value is -0.740. The first-order chi connectivity index (χ1) is 5.33. The largest absolute Gasteiger partial charge is 0.333 e. The van der Waals surface area contributed by atoms with Gasteiger partial charge < -0.3 is 5.73 Å². The number of nitrogens with two attached hydrogens (primary N) is 1. The van der Waals surface area contributed by atoms with Crippen LogP contribution in [0.25, 0.3) is 0 Å². The Morgan fingerprint density at radius 1 is 1.55 bits per heavy atom. The molecule has 0 amide bonds. The zero-order chi connectivity index (χ0) is 8.69. The fourth-order valence-electron chi connectivity index (χ4n) is 0.543. The fourth-order valence-corrected chi connectivity index (χ4v) is 1.25. The lowest BCUT2D eigenvalue weighted by Gasteiger charge is -1.78. The molecule has 0 aliphatic heterocycles. The highest BCUT2D eigenvalue weighted by Gasteiger charge is 1.94. The van der Waals surface area contributed by atoms with Crippen molar-refractivity contribution >= 4 is 11.3 Å². The van der Waals surface area contributed by atoms with Crippen LogP contribution in [-0.2, 0) is 6.42 Å². The molecule has 1 aromatic rings. The number of rotatable bonds is 2. The van der Waals surface area contributed by atoms with Gasteiger partial charge in [-0.25, -0.2) is 0 Å². The Balaban J connectivity index is 0.000000461. The summed E-state index contributed by atoms with van der Waals surface area (Å²) in [6.07, 6.45) is 2.67. The fraction of sp³-hybridized carbons (Fsp3) is 0.429. The van der Waals surface area contributed by atoms with E-state index < -0.39 is 0 Å². The van der Waals surface area contributed by atoms with Crippen LogP contribution in [0, 0.1) is 6.92 Å². The van der Waals surface area contributed by atoms with Gasteiger partial charge in [0.15, 0.2) is 0 Å². The molecule has 0 saturated heterocycles. The lowest BCUT2D eigenvalue weighted by atomic mass is 10.5. The molecule has 1 aromatic heterocycles. The van der Waals surface area contributed by atoms with Gasteiger partial charge in [-0.15, -0.1) is 28.1 Å². The lowest BCUT2D eigenvalue weighted by Crippen LogP contribution is -1.76. The van der Waals surface area contributed by atoms with Crippen molar-refractivity contribution in [1.82, 2.24) is 10.2 Å². The van der Waals surface area contributed by atoms with Crippen LogP contribution >= 0.6 is 11.3 Å². The first kappa shape index (κ1) is 10.3. The van der Waals surface area contributed by atoms with Crippen molar-refractivity contribution in [1.29, 1.82) is 0 Å². The Labute approximate surface area is 71.0 Å². The minimum atomic E-state index is 0.839. The maximum absolute atomic E-state index is 4.50. The van der Waals surface area contributed by atoms with E-state index in [4.69, 9.17) is 0 Å². The molecule has 1 heterocycles. The van der Waals surface area contributed by atoms with Gasteiger partial charge >= 0.3 is 0 Å². The maximum atomic E-state index is 4.50. The van der Waals surface area contributed by atoms with Crippen LogP contribution in [0.1, 0.15) is 10.0 Å². The number of hydrogen-bond donors (Lipinski definition) is 1. The molecule has 62 valence electrons. The second-order valence-electron chi connectivity index (χ2n) is 1.71. The highest BCUT2D eigenvalue weighted by atomic mass is 32.1. The molecule has 0 aromatic carbocycles. The Bertz CT molecular complexity index is 207. The van der Waals surface area contributed by atoms with Gasteiger partial charge in [0.05, 0.1) is 0 Å². The first-order valence-electron chi connectivity index (χ1n) is 3.30. The van der Waals surface area contributed by atoms with Gasteiger partial charge in [-0.2, -0.15) is 0 Å². The molecular weight excluding hydrogens is 158 g/mol. The van der Waals surface area contributed by atoms with Crippen molar-refractivity contribution in [2.24, 2.45) is 5.73 Å². The molecule has 0 atom stereocenters. The molecule has 2 N–H and O–H groups in total. The van der Waals surface area contributed by atoms with Crippen LogP contribution in [0.3, 0.4) is 0 Å². The minimum Gasteiger partial charge on any atom is -0.333 e. The van der Waals surface area contributed by atoms with Crippen molar-refractivity contribution in [3.8, 4) is 0 Å². The standard InChI is InChI=1S/C6H8N2S.CH5N/c1-3-4-6-8-7-5(2)9-6;1-2/h3H,1,4H2,2H3;2H2,1H3. The van der Waals surface area contributed by atoms with Gasteiger partial charge in [-0.1, -0.05) is 6.08 Å². The molecule has 0 fully saturated rings. The predicted octanol–water partition coefficient (Wildman–Crippen LogP) is 1.15. The van der Waals surface area contributed by atoms with Crippen LogP contribution in [0.2, 0.25) is 0 Å². The summed E-state index contributed by atoms with van der Waals surface area (Å²) < 4.78 is 0. The lowest BCUT2D eigenvalue weighted by molar-refractivity contribution is 0.993. The average Bonchev–Trinajstić information content (AvgIpc) is 2.41. The predicted molar refractivity (Wildman–Crippen MR) is 48.7 cm³/mol. The van der Waals surface area contributed by atoms with Crippen LogP contribution in [0.4, 0.5) is 0 Å². The molecule has 0 bridgehead atoms. The van der Waals surface area contributed by atoms with E-state index in [-0.39, 0.29) is 0 Å². The number of hydrogen-bond acceptors (Lipinski definition) is 4. The van der Waals surface area contributed by atoms with Gasteiger partial charge in [0.2, 0.25) is 0 Å². The third-order valence-corrected chi connectivity index (χ3v) is 1.75. The van der Waals surface area contributed by atoms with Crippen LogP contribution < -0.4 is 5.73 Å². The van der Waals surface area contributed by atoms with Crippen molar-refractivity contribution in [2.45, 2.75) is 13.3 Å². The number of aromatic nitrogens is 2. The van der Waals surface area contributed by atoms with E-state index in [2.05, 4.69) is 22.5 Å². The monoisotopic (exact) mass is 171 g/mol. The van der Waals surface area contributed by atoms with Crippen LogP contribution in [0.15, 0.2) is 12.7 Å². The second kappa shape index (κ2) is 6.00. The van der Waals surface area contributed by atoms with Crippen molar-refractivity contribution in [3.05, 3.63) is 22.7 Å². The van der Waals surface area contributed by atoms with Crippen molar-refractivity contribution in [3.63, 3.8) is 0 Å². The summed E-state index contributed by atoms with van der Waals surface area (Å²) in [5.41, 5.74) is 4.50. The number of nitrogens with zero attached hydrogens (tertiary/aromatic N) is 2. The Morgan fingerprint density at radius 2 is 2.18 bits per heavy atom. The van der Waals surface area contributed by atoms with Gasteiger partial charge in [-0.05, 0) is 14.0 Å². The van der Waals surface area contributed by atoms with Gasteiger partial charge in [0.1, 0.15) is 10.0 Å². The molecule has 0 aliphatic carbocycles. The SMILES string of the molecule is C=CCc1nnc(C)s1.CN. The van der Waals surface area contributed by atoms with Gasteiger partial charge in [0, 0.05) is 6.42 Å². The summed E-state index contributed by atoms with van der Waals surface area (Å²) in [5, 5.41) is 9.82. The number of aryl methyl sites for hydroxylation is 1. The highest BCUT2D eigenvalue weighted by Crippen LogP contribution is 2.07. The zero-order valence-electron chi connectivity index (χ0n) is 6.87. The summed E-state index contributed by atoms with van der Waals surface area (Å²) in [5.74, 6) is 0. The van der Waals surface area contributed by atoms with Gasteiger partial charge in [-0.3, -0.25) is 0 Å². The third-order valence-electron chi connectivity index (χ3n) is 0.887. The topological polar surface area (TPSA) is 51.8 Å².